The van der Waals surface area contributed by atoms with Crippen LogP contribution < -0.4 is 0 Å². The predicted molar refractivity (Wildman–Crippen MR) is 88.4 cm³/mol. The van der Waals surface area contributed by atoms with E-state index in [0.29, 0.717) is 11.7 Å². The van der Waals surface area contributed by atoms with E-state index in [-0.39, 0.29) is 0 Å². The van der Waals surface area contributed by atoms with Crippen LogP contribution in [0.5, 0.6) is 0 Å². The number of rotatable bonds is 2. The second kappa shape index (κ2) is 12.8. The van der Waals surface area contributed by atoms with Gasteiger partial charge in [-0.1, -0.05) is 83.5 Å². The molecule has 2 nitrogen and oxygen atoms in total. The standard InChI is InChI=1S/C17H34O2S/c18-20(19)16-17-14-12-10-8-6-4-2-1-3-5-7-9-11-13-15-17/h17H,1-16H2,(H,18,19). The summed E-state index contributed by atoms with van der Waals surface area (Å²) in [6.45, 7) is 0. The van der Waals surface area contributed by atoms with Crippen LogP contribution in [0.3, 0.4) is 0 Å². The Kier molecular flexibility index (Phi) is 11.6. The van der Waals surface area contributed by atoms with Crippen molar-refractivity contribution >= 4 is 11.1 Å². The van der Waals surface area contributed by atoms with E-state index in [0.717, 1.165) is 12.8 Å². The van der Waals surface area contributed by atoms with Crippen molar-refractivity contribution < 1.29 is 8.76 Å². The molecule has 0 aliphatic heterocycles. The summed E-state index contributed by atoms with van der Waals surface area (Å²) < 4.78 is 20.2. The van der Waals surface area contributed by atoms with E-state index in [4.69, 9.17) is 4.55 Å². The average molecular weight is 303 g/mol. The Morgan fingerprint density at radius 2 is 0.950 bits per heavy atom. The maximum absolute atomic E-state index is 11.0. The molecule has 1 saturated carbocycles. The molecule has 0 aromatic carbocycles. The molecule has 1 aliphatic rings. The van der Waals surface area contributed by atoms with Crippen LogP contribution in [0.2, 0.25) is 0 Å². The summed E-state index contributed by atoms with van der Waals surface area (Å²) >= 11 is -1.61. The summed E-state index contributed by atoms with van der Waals surface area (Å²) in [6, 6.07) is 0. The molecule has 0 aromatic rings. The molecule has 1 atom stereocenters. The fraction of sp³-hybridized carbons (Fsp3) is 1.00. The van der Waals surface area contributed by atoms with Crippen LogP contribution in [0, 0.1) is 5.92 Å². The molecule has 1 N–H and O–H groups in total. The quantitative estimate of drug-likeness (QED) is 0.665. The van der Waals surface area contributed by atoms with Crippen molar-refractivity contribution in [3.8, 4) is 0 Å². The summed E-state index contributed by atoms with van der Waals surface area (Å²) in [4.78, 5) is 0. The Hall–Kier alpha value is 0.110. The molecule has 0 aromatic heterocycles. The molecule has 1 unspecified atom stereocenters. The minimum Gasteiger partial charge on any atom is -0.306 e. The lowest BCUT2D eigenvalue weighted by molar-refractivity contribution is 0.422. The lowest BCUT2D eigenvalue weighted by Crippen LogP contribution is -2.11. The summed E-state index contributed by atoms with van der Waals surface area (Å²) in [5.41, 5.74) is 0. The Bertz CT molecular complexity index is 227. The normalized spacial score (nSPS) is 24.2. The molecule has 0 amide bonds. The Labute approximate surface area is 128 Å². The summed E-state index contributed by atoms with van der Waals surface area (Å²) in [6.07, 6.45) is 20.0. The lowest BCUT2D eigenvalue weighted by atomic mass is 9.95. The maximum Gasteiger partial charge on any atom is 0.153 e. The number of hydrogen-bond acceptors (Lipinski definition) is 1. The van der Waals surface area contributed by atoms with Crippen molar-refractivity contribution in [2.45, 2.75) is 96.3 Å². The van der Waals surface area contributed by atoms with Gasteiger partial charge < -0.3 is 4.55 Å². The fourth-order valence-electron chi connectivity index (χ4n) is 3.32. The van der Waals surface area contributed by atoms with Gasteiger partial charge in [-0.2, -0.15) is 0 Å². The molecule has 3 heteroatoms. The van der Waals surface area contributed by atoms with Gasteiger partial charge in [-0.25, -0.2) is 4.21 Å². The minimum atomic E-state index is -1.61. The van der Waals surface area contributed by atoms with Crippen LogP contribution in [0.4, 0.5) is 0 Å². The minimum absolute atomic E-state index is 0.480. The van der Waals surface area contributed by atoms with Crippen LogP contribution in [0.1, 0.15) is 96.3 Å². The Morgan fingerprint density at radius 3 is 1.25 bits per heavy atom. The van der Waals surface area contributed by atoms with Gasteiger partial charge in [0.2, 0.25) is 0 Å². The van der Waals surface area contributed by atoms with Crippen molar-refractivity contribution in [2.75, 3.05) is 5.75 Å². The first-order valence-electron chi connectivity index (χ1n) is 8.86. The zero-order valence-corrected chi connectivity index (χ0v) is 14.0. The van der Waals surface area contributed by atoms with Crippen molar-refractivity contribution in [1.82, 2.24) is 0 Å². The SMILES string of the molecule is O=S(O)CC1CCCCCCCCCCCCCCC1. The first-order chi connectivity index (χ1) is 9.79. The van der Waals surface area contributed by atoms with Gasteiger partial charge >= 0.3 is 0 Å². The highest BCUT2D eigenvalue weighted by Gasteiger charge is 2.11. The Morgan fingerprint density at radius 1 is 0.650 bits per heavy atom. The third-order valence-electron chi connectivity index (χ3n) is 4.60. The first kappa shape index (κ1) is 18.2. The molecule has 1 aliphatic carbocycles. The summed E-state index contributed by atoms with van der Waals surface area (Å²) in [5.74, 6) is 0.980. The topological polar surface area (TPSA) is 37.3 Å². The van der Waals surface area contributed by atoms with Gasteiger partial charge in [0.1, 0.15) is 0 Å². The predicted octanol–water partition coefficient (Wildman–Crippen LogP) is 5.69. The van der Waals surface area contributed by atoms with Gasteiger partial charge in [0.25, 0.3) is 0 Å². The van der Waals surface area contributed by atoms with Crippen LogP contribution in [0.15, 0.2) is 0 Å². The highest BCUT2D eigenvalue weighted by atomic mass is 32.2. The second-order valence-corrected chi connectivity index (χ2v) is 7.50. The van der Waals surface area contributed by atoms with E-state index >= 15 is 0 Å². The molecule has 120 valence electrons. The Balaban J connectivity index is 2.26. The van der Waals surface area contributed by atoms with E-state index in [2.05, 4.69) is 0 Å². The molecule has 0 bridgehead atoms. The third kappa shape index (κ3) is 10.8. The molecule has 0 heterocycles. The van der Waals surface area contributed by atoms with Gasteiger partial charge in [0, 0.05) is 0 Å². The highest BCUT2D eigenvalue weighted by molar-refractivity contribution is 7.79. The van der Waals surface area contributed by atoms with Crippen LogP contribution in [-0.2, 0) is 11.1 Å². The molecule has 20 heavy (non-hydrogen) atoms. The number of hydrogen-bond donors (Lipinski definition) is 1. The lowest BCUT2D eigenvalue weighted by Gasteiger charge is -2.15. The van der Waals surface area contributed by atoms with Gasteiger partial charge in [-0.05, 0) is 18.8 Å². The smallest absolute Gasteiger partial charge is 0.153 e. The van der Waals surface area contributed by atoms with Gasteiger partial charge in [0.05, 0.1) is 5.75 Å². The molecular weight excluding hydrogens is 268 g/mol. The third-order valence-corrected chi connectivity index (χ3v) is 5.36. The van der Waals surface area contributed by atoms with E-state index in [1.165, 1.54) is 83.5 Å². The molecule has 1 fully saturated rings. The largest absolute Gasteiger partial charge is 0.306 e. The van der Waals surface area contributed by atoms with Crippen molar-refractivity contribution in [2.24, 2.45) is 5.92 Å². The van der Waals surface area contributed by atoms with Crippen molar-refractivity contribution in [1.29, 1.82) is 0 Å². The van der Waals surface area contributed by atoms with Crippen LogP contribution in [0.25, 0.3) is 0 Å². The van der Waals surface area contributed by atoms with Crippen LogP contribution in [-0.4, -0.2) is 14.5 Å². The molecule has 1 rings (SSSR count). The van der Waals surface area contributed by atoms with Crippen molar-refractivity contribution in [3.63, 3.8) is 0 Å². The molecular formula is C17H34O2S. The monoisotopic (exact) mass is 302 g/mol. The summed E-state index contributed by atoms with van der Waals surface area (Å²) in [5, 5.41) is 0. The van der Waals surface area contributed by atoms with E-state index in [1.807, 2.05) is 0 Å². The molecule has 0 radical (unpaired) electrons. The van der Waals surface area contributed by atoms with E-state index in [9.17, 15) is 4.21 Å². The second-order valence-electron chi connectivity index (χ2n) is 6.53. The van der Waals surface area contributed by atoms with Gasteiger partial charge in [-0.15, -0.1) is 0 Å². The molecule has 0 spiro atoms. The maximum atomic E-state index is 11.0. The zero-order chi connectivity index (χ0) is 14.5. The first-order valence-corrected chi connectivity index (χ1v) is 10.1. The zero-order valence-electron chi connectivity index (χ0n) is 13.2. The molecule has 0 saturated heterocycles. The van der Waals surface area contributed by atoms with Gasteiger partial charge in [0.15, 0.2) is 11.1 Å². The van der Waals surface area contributed by atoms with E-state index in [1.54, 1.807) is 0 Å². The van der Waals surface area contributed by atoms with Crippen LogP contribution >= 0.6 is 0 Å². The summed E-state index contributed by atoms with van der Waals surface area (Å²) in [7, 11) is 0. The van der Waals surface area contributed by atoms with E-state index < -0.39 is 11.1 Å². The average Bonchev–Trinajstić information content (AvgIpc) is 2.40. The highest BCUT2D eigenvalue weighted by Crippen LogP contribution is 2.21. The van der Waals surface area contributed by atoms with Gasteiger partial charge in [-0.3, -0.25) is 0 Å². The fourth-order valence-corrected chi connectivity index (χ4v) is 4.06. The van der Waals surface area contributed by atoms with Crippen molar-refractivity contribution in [3.05, 3.63) is 0 Å².